The van der Waals surface area contributed by atoms with E-state index in [0.29, 0.717) is 25.7 Å². The number of esters is 4. The molecule has 0 aromatic rings. The second-order valence-corrected chi connectivity index (χ2v) is 26.7. The first kappa shape index (κ1) is 91.2. The first-order valence-corrected chi connectivity index (χ1v) is 39.4. The smallest absolute Gasteiger partial charge is 0.462 e. The first-order valence-electron chi connectivity index (χ1n) is 36.4. The van der Waals surface area contributed by atoms with Gasteiger partial charge in [-0.1, -0.05) is 283 Å². The molecule has 0 saturated heterocycles. The van der Waals surface area contributed by atoms with Crippen LogP contribution >= 0.6 is 15.6 Å². The van der Waals surface area contributed by atoms with Gasteiger partial charge in [0, 0.05) is 12.8 Å². The van der Waals surface area contributed by atoms with Gasteiger partial charge < -0.3 is 33.8 Å². The summed E-state index contributed by atoms with van der Waals surface area (Å²) in [4.78, 5) is 72.5. The van der Waals surface area contributed by atoms with E-state index in [1.54, 1.807) is 18.2 Å². The minimum atomic E-state index is -5.02. The molecule has 0 aliphatic heterocycles. The fourth-order valence-corrected chi connectivity index (χ4v) is 10.8. The monoisotopic (exact) mass is 1390 g/mol. The zero-order valence-electron chi connectivity index (χ0n) is 59.5. The average molecular weight is 1390 g/mol. The standard InChI is InChI=1S/C77H128O17P2/c1-5-9-13-17-21-25-29-32-35-38-42-45-49-53-57-61-74(79)87-67-72(93-76(81)63-59-55-51-47-41-28-24-20-16-12-8-4)69-91-95(83,84)89-65-71(78)66-90-96(85,86)92-70-73(94-77(82)64-60-56-52-48-44-40-37-34-31-27-23-19-15-11-7-3)68-88-75(80)62-58-54-50-46-43-39-36-33-30-26-22-18-14-10-6-2/h10-11,14-15,20,22-24,26-27,33-34,36-37,43-44,46,48,54,56,58,60,71-73,78H,5-9,12-13,16-19,21,25,28-32,35,38-42,45,47,49-53,55,57,59,61-70H2,1-4H3,(H,83,84)(H,85,86)/b14-10-,15-11-,24-20-,26-22-,27-23-,36-33-,37-34-,46-43-,48-44-,58-54-,60-56-. The molecule has 0 amide bonds. The van der Waals surface area contributed by atoms with Gasteiger partial charge in [0.25, 0.3) is 0 Å². The Morgan fingerprint density at radius 1 is 0.312 bits per heavy atom. The van der Waals surface area contributed by atoms with Gasteiger partial charge in [0.2, 0.25) is 0 Å². The van der Waals surface area contributed by atoms with Crippen LogP contribution in [0.3, 0.4) is 0 Å². The molecule has 0 spiro atoms. The summed E-state index contributed by atoms with van der Waals surface area (Å²) < 4.78 is 68.0. The summed E-state index contributed by atoms with van der Waals surface area (Å²) in [5.74, 6) is -2.49. The Morgan fingerprint density at radius 2 is 0.604 bits per heavy atom. The van der Waals surface area contributed by atoms with E-state index in [4.69, 9.17) is 37.0 Å². The van der Waals surface area contributed by atoms with Crippen molar-refractivity contribution in [2.75, 3.05) is 39.6 Å². The van der Waals surface area contributed by atoms with Crippen molar-refractivity contribution in [2.24, 2.45) is 0 Å². The van der Waals surface area contributed by atoms with Gasteiger partial charge in [-0.3, -0.25) is 37.3 Å². The van der Waals surface area contributed by atoms with E-state index in [2.05, 4.69) is 113 Å². The summed E-state index contributed by atoms with van der Waals surface area (Å²) in [6.45, 7) is 4.35. The summed E-state index contributed by atoms with van der Waals surface area (Å²) in [7, 11) is -10.0. The molecule has 5 atom stereocenters. The number of hydrogen-bond donors (Lipinski definition) is 3. The lowest BCUT2D eigenvalue weighted by Crippen LogP contribution is -2.30. The molecule has 0 aromatic carbocycles. The van der Waals surface area contributed by atoms with Gasteiger partial charge >= 0.3 is 39.5 Å². The second kappa shape index (κ2) is 68.7. The Balaban J connectivity index is 5.46. The lowest BCUT2D eigenvalue weighted by Gasteiger charge is -2.21. The molecule has 0 aromatic heterocycles. The van der Waals surface area contributed by atoms with E-state index >= 15 is 0 Å². The van der Waals surface area contributed by atoms with Crippen LogP contribution in [0.15, 0.2) is 134 Å². The Bertz CT molecular complexity index is 2350. The van der Waals surface area contributed by atoms with Crippen molar-refractivity contribution >= 4 is 39.5 Å². The number of aliphatic hydroxyl groups excluding tert-OH is 1. The van der Waals surface area contributed by atoms with Crippen molar-refractivity contribution in [1.29, 1.82) is 0 Å². The number of unbranched alkanes of at least 4 members (excludes halogenated alkanes) is 21. The topological polar surface area (TPSA) is 237 Å². The van der Waals surface area contributed by atoms with Crippen LogP contribution in [0, 0.1) is 0 Å². The highest BCUT2D eigenvalue weighted by atomic mass is 31.2. The molecule has 0 saturated carbocycles. The molecule has 19 heteroatoms. The van der Waals surface area contributed by atoms with Crippen LogP contribution in [0.4, 0.5) is 0 Å². The zero-order valence-corrected chi connectivity index (χ0v) is 61.3. The van der Waals surface area contributed by atoms with Gasteiger partial charge in [-0.2, -0.15) is 0 Å². The molecule has 0 radical (unpaired) electrons. The van der Waals surface area contributed by atoms with Gasteiger partial charge in [-0.15, -0.1) is 0 Å². The quantitative estimate of drug-likeness (QED) is 0.0169. The van der Waals surface area contributed by atoms with Crippen LogP contribution in [0.2, 0.25) is 0 Å². The van der Waals surface area contributed by atoms with Crippen LogP contribution in [-0.4, -0.2) is 96.7 Å². The minimum absolute atomic E-state index is 0.0793. The SMILES string of the molecule is CC/C=C\C/C=C\C/C=C\C/C=C\C/C=C\CC(=O)OCC(COP(=O)(O)OCC(O)COP(=O)(O)OCC(COC(=O)CCCCCCCCCCCCCCCCC)OC(=O)CCCCCCC/C=C\CCCC)OC(=O)C/C=C\C/C=C\C/C=C\C/C=C\C/C=C\CC. The number of phosphoric acid groups is 2. The highest BCUT2D eigenvalue weighted by Crippen LogP contribution is 2.45. The molecule has 17 nitrogen and oxygen atoms in total. The van der Waals surface area contributed by atoms with E-state index in [1.165, 1.54) is 83.5 Å². The molecule has 0 fully saturated rings. The predicted molar refractivity (Wildman–Crippen MR) is 390 cm³/mol. The Hall–Kier alpha value is -4.80. The molecular weight excluding hydrogens is 1260 g/mol. The Labute approximate surface area is 580 Å². The van der Waals surface area contributed by atoms with Crippen molar-refractivity contribution in [1.82, 2.24) is 0 Å². The maximum atomic E-state index is 13.0. The number of phosphoric ester groups is 2. The Kier molecular flexibility index (Phi) is 65.3. The number of ether oxygens (including phenoxy) is 4. The van der Waals surface area contributed by atoms with Crippen molar-refractivity contribution in [3.63, 3.8) is 0 Å². The molecule has 0 heterocycles. The molecule has 548 valence electrons. The van der Waals surface area contributed by atoms with Gasteiger partial charge in [0.15, 0.2) is 12.2 Å². The summed E-state index contributed by atoms with van der Waals surface area (Å²) in [5, 5.41) is 10.6. The predicted octanol–water partition coefficient (Wildman–Crippen LogP) is 20.5. The maximum Gasteiger partial charge on any atom is 0.472 e. The average Bonchev–Trinajstić information content (AvgIpc) is 1.09. The number of rotatable bonds is 67. The number of hydrogen-bond acceptors (Lipinski definition) is 15. The molecule has 0 bridgehead atoms. The third-order valence-corrected chi connectivity index (χ3v) is 16.6. The van der Waals surface area contributed by atoms with Crippen molar-refractivity contribution in [3.8, 4) is 0 Å². The fraction of sp³-hybridized carbons (Fsp3) is 0.662. The van der Waals surface area contributed by atoms with Crippen LogP contribution < -0.4 is 0 Å². The molecule has 0 aliphatic rings. The molecular formula is C77H128O17P2. The van der Waals surface area contributed by atoms with Crippen molar-refractivity contribution in [3.05, 3.63) is 134 Å². The lowest BCUT2D eigenvalue weighted by molar-refractivity contribution is -0.161. The summed E-state index contributed by atoms with van der Waals surface area (Å²) in [6, 6.07) is 0. The van der Waals surface area contributed by atoms with Crippen molar-refractivity contribution in [2.45, 2.75) is 290 Å². The van der Waals surface area contributed by atoms with Crippen LogP contribution in [0.1, 0.15) is 272 Å². The zero-order chi connectivity index (χ0) is 70.4. The summed E-state index contributed by atoms with van der Waals surface area (Å²) in [5.41, 5.74) is 0. The minimum Gasteiger partial charge on any atom is -0.462 e. The normalized spacial score (nSPS) is 14.8. The van der Waals surface area contributed by atoms with Crippen LogP contribution in [0.25, 0.3) is 0 Å². The largest absolute Gasteiger partial charge is 0.472 e. The van der Waals surface area contributed by atoms with Gasteiger partial charge in [-0.25, -0.2) is 9.13 Å². The second-order valence-electron chi connectivity index (χ2n) is 23.8. The maximum absolute atomic E-state index is 13.0. The van der Waals surface area contributed by atoms with Crippen LogP contribution in [-0.2, 0) is 65.4 Å². The molecule has 3 N–H and O–H groups in total. The third-order valence-electron chi connectivity index (χ3n) is 14.7. The highest BCUT2D eigenvalue weighted by molar-refractivity contribution is 7.47. The number of carbonyl (C=O) groups is 4. The molecule has 0 aliphatic carbocycles. The highest BCUT2D eigenvalue weighted by Gasteiger charge is 2.30. The van der Waals surface area contributed by atoms with Crippen molar-refractivity contribution < 1.29 is 80.2 Å². The summed E-state index contributed by atoms with van der Waals surface area (Å²) >= 11 is 0. The lowest BCUT2D eigenvalue weighted by atomic mass is 10.0. The van der Waals surface area contributed by atoms with E-state index < -0.39 is 97.5 Å². The fourth-order valence-electron chi connectivity index (χ4n) is 9.17. The number of carbonyl (C=O) groups excluding carboxylic acids is 4. The van der Waals surface area contributed by atoms with E-state index in [9.17, 15) is 43.2 Å². The molecule has 96 heavy (non-hydrogen) atoms. The molecule has 0 rings (SSSR count). The number of allylic oxidation sites excluding steroid dienone is 20. The van der Waals surface area contributed by atoms with Crippen LogP contribution in [0.5, 0.6) is 0 Å². The molecule has 5 unspecified atom stereocenters. The van der Waals surface area contributed by atoms with Gasteiger partial charge in [0.1, 0.15) is 19.3 Å². The number of aliphatic hydroxyl groups is 1. The Morgan fingerprint density at radius 3 is 0.990 bits per heavy atom. The summed E-state index contributed by atoms with van der Waals surface area (Å²) in [6.07, 6.45) is 75.3. The van der Waals surface area contributed by atoms with Gasteiger partial charge in [0.05, 0.1) is 39.3 Å². The van der Waals surface area contributed by atoms with E-state index in [-0.39, 0.29) is 25.7 Å². The van der Waals surface area contributed by atoms with E-state index in [1.807, 2.05) is 30.4 Å². The van der Waals surface area contributed by atoms with E-state index in [0.717, 1.165) is 109 Å². The first-order chi connectivity index (χ1) is 46.7. The third kappa shape index (κ3) is 67.8. The van der Waals surface area contributed by atoms with Gasteiger partial charge in [-0.05, 0) is 96.3 Å².